The molecule has 7 heteroatoms. The minimum atomic E-state index is -0.158. The Labute approximate surface area is 135 Å². The summed E-state index contributed by atoms with van der Waals surface area (Å²) in [5.41, 5.74) is 0. The maximum absolute atomic E-state index is 12.3. The summed E-state index contributed by atoms with van der Waals surface area (Å²) in [5, 5.41) is 15.9. The first-order valence-corrected chi connectivity index (χ1v) is 9.37. The summed E-state index contributed by atoms with van der Waals surface area (Å²) in [4.78, 5) is 12.3. The lowest BCUT2D eigenvalue weighted by Gasteiger charge is -2.22. The highest BCUT2D eigenvalue weighted by atomic mass is 32.2. The summed E-state index contributed by atoms with van der Waals surface area (Å²) in [5.74, 6) is 0.107. The molecule has 22 heavy (non-hydrogen) atoms. The summed E-state index contributed by atoms with van der Waals surface area (Å²) < 4.78 is 1.93. The molecule has 2 fully saturated rings. The van der Waals surface area contributed by atoms with E-state index in [2.05, 4.69) is 20.8 Å². The van der Waals surface area contributed by atoms with Crippen LogP contribution in [0.4, 0.5) is 0 Å². The Hall–Kier alpha value is -1.11. The minimum Gasteiger partial charge on any atom is -0.352 e. The van der Waals surface area contributed by atoms with Gasteiger partial charge >= 0.3 is 0 Å². The van der Waals surface area contributed by atoms with Crippen LogP contribution in [0.3, 0.4) is 0 Å². The highest BCUT2D eigenvalue weighted by molar-refractivity contribution is 8.00. The predicted molar refractivity (Wildman–Crippen MR) is 85.7 cm³/mol. The number of aromatic nitrogens is 4. The van der Waals surface area contributed by atoms with Gasteiger partial charge in [0.25, 0.3) is 0 Å². The third kappa shape index (κ3) is 3.80. The molecule has 1 heterocycles. The summed E-state index contributed by atoms with van der Waals surface area (Å²) in [6.45, 7) is 1.94. The average molecular weight is 323 g/mol. The lowest BCUT2D eigenvalue weighted by molar-refractivity contribution is -0.120. The van der Waals surface area contributed by atoms with Crippen LogP contribution in [0, 0.1) is 0 Å². The van der Waals surface area contributed by atoms with Crippen LogP contribution in [0.15, 0.2) is 5.16 Å². The summed E-state index contributed by atoms with van der Waals surface area (Å²) >= 11 is 1.48. The number of carbonyl (C=O) groups excluding carboxylic acids is 1. The molecule has 0 aromatic carbocycles. The fourth-order valence-corrected chi connectivity index (χ4v) is 4.29. The fraction of sp³-hybridized carbons (Fsp3) is 0.867. The second kappa shape index (κ2) is 7.44. The van der Waals surface area contributed by atoms with Crippen molar-refractivity contribution in [2.24, 2.45) is 0 Å². The largest absolute Gasteiger partial charge is 0.352 e. The van der Waals surface area contributed by atoms with Crippen molar-refractivity contribution in [3.8, 4) is 0 Å². The van der Waals surface area contributed by atoms with Gasteiger partial charge in [0, 0.05) is 6.04 Å². The Kier molecular flexibility index (Phi) is 5.33. The zero-order valence-electron chi connectivity index (χ0n) is 13.2. The molecule has 1 aromatic rings. The number of nitrogens with zero attached hydrogens (tertiary/aromatic N) is 4. The molecule has 0 bridgehead atoms. The lowest BCUT2D eigenvalue weighted by Crippen LogP contribution is -2.37. The maximum Gasteiger partial charge on any atom is 0.233 e. The van der Waals surface area contributed by atoms with Gasteiger partial charge in [0.05, 0.1) is 11.3 Å². The van der Waals surface area contributed by atoms with E-state index < -0.39 is 0 Å². The predicted octanol–water partition coefficient (Wildman–Crippen LogP) is 2.72. The maximum atomic E-state index is 12.3. The normalized spacial score (nSPS) is 21.9. The van der Waals surface area contributed by atoms with E-state index in [9.17, 15) is 4.79 Å². The number of carbonyl (C=O) groups is 1. The Morgan fingerprint density at radius 1 is 1.18 bits per heavy atom. The molecule has 6 nitrogen and oxygen atoms in total. The zero-order chi connectivity index (χ0) is 15.4. The first-order chi connectivity index (χ1) is 10.7. The van der Waals surface area contributed by atoms with E-state index in [1.165, 1.54) is 43.9 Å². The molecule has 0 saturated heterocycles. The van der Waals surface area contributed by atoms with Gasteiger partial charge in [-0.2, -0.15) is 0 Å². The fourth-order valence-electron chi connectivity index (χ4n) is 3.42. The standard InChI is InChI=1S/C15H25N5OS/c1-11(14(21)16-12-7-5-6-8-12)22-15-17-18-19-20(15)13-9-3-2-4-10-13/h11-13H,2-10H2,1H3,(H,16,21). The van der Waals surface area contributed by atoms with Crippen molar-refractivity contribution in [2.75, 3.05) is 0 Å². The first-order valence-electron chi connectivity index (χ1n) is 8.49. The number of amides is 1. The third-order valence-electron chi connectivity index (χ3n) is 4.74. The van der Waals surface area contributed by atoms with Gasteiger partial charge in [-0.1, -0.05) is 43.9 Å². The molecule has 2 aliphatic rings. The smallest absolute Gasteiger partial charge is 0.233 e. The van der Waals surface area contributed by atoms with Crippen LogP contribution in [0.2, 0.25) is 0 Å². The second-order valence-corrected chi connectivity index (χ2v) is 7.76. The van der Waals surface area contributed by atoms with Gasteiger partial charge in [0.15, 0.2) is 0 Å². The summed E-state index contributed by atoms with van der Waals surface area (Å²) in [7, 11) is 0. The Bertz CT molecular complexity index is 494. The van der Waals surface area contributed by atoms with E-state index >= 15 is 0 Å². The number of hydrogen-bond acceptors (Lipinski definition) is 5. The van der Waals surface area contributed by atoms with E-state index in [0.717, 1.165) is 30.8 Å². The van der Waals surface area contributed by atoms with E-state index in [-0.39, 0.29) is 11.2 Å². The molecule has 1 N–H and O–H groups in total. The van der Waals surface area contributed by atoms with Gasteiger partial charge in [-0.25, -0.2) is 4.68 Å². The van der Waals surface area contributed by atoms with Gasteiger partial charge in [-0.15, -0.1) is 5.10 Å². The lowest BCUT2D eigenvalue weighted by atomic mass is 9.96. The van der Waals surface area contributed by atoms with Crippen molar-refractivity contribution in [1.82, 2.24) is 25.5 Å². The van der Waals surface area contributed by atoms with Crippen molar-refractivity contribution in [3.63, 3.8) is 0 Å². The van der Waals surface area contributed by atoms with Crippen molar-refractivity contribution in [2.45, 2.75) is 87.2 Å². The summed E-state index contributed by atoms with van der Waals surface area (Å²) in [6, 6.07) is 0.765. The molecular formula is C15H25N5OS. The molecule has 1 atom stereocenters. The zero-order valence-corrected chi connectivity index (χ0v) is 14.0. The molecule has 0 aliphatic heterocycles. The van der Waals surface area contributed by atoms with Crippen molar-refractivity contribution in [3.05, 3.63) is 0 Å². The number of thioether (sulfide) groups is 1. The number of tetrazole rings is 1. The van der Waals surface area contributed by atoms with Crippen LogP contribution < -0.4 is 5.32 Å². The van der Waals surface area contributed by atoms with Gasteiger partial charge in [-0.05, 0) is 43.0 Å². The van der Waals surface area contributed by atoms with Crippen molar-refractivity contribution in [1.29, 1.82) is 0 Å². The van der Waals surface area contributed by atoms with E-state index in [0.29, 0.717) is 12.1 Å². The van der Waals surface area contributed by atoms with E-state index in [1.54, 1.807) is 0 Å². The second-order valence-electron chi connectivity index (χ2n) is 6.45. The molecule has 3 rings (SSSR count). The topological polar surface area (TPSA) is 72.7 Å². The highest BCUT2D eigenvalue weighted by Crippen LogP contribution is 2.31. The van der Waals surface area contributed by atoms with Crippen molar-refractivity contribution < 1.29 is 4.79 Å². The van der Waals surface area contributed by atoms with Crippen LogP contribution in [-0.4, -0.2) is 37.4 Å². The van der Waals surface area contributed by atoms with Gasteiger partial charge in [0.2, 0.25) is 11.1 Å². The van der Waals surface area contributed by atoms with Gasteiger partial charge < -0.3 is 5.32 Å². The molecule has 1 amide bonds. The average Bonchev–Trinajstić information content (AvgIpc) is 3.19. The molecule has 1 aromatic heterocycles. The van der Waals surface area contributed by atoms with Crippen LogP contribution in [0.1, 0.15) is 70.8 Å². The highest BCUT2D eigenvalue weighted by Gasteiger charge is 2.25. The quantitative estimate of drug-likeness (QED) is 0.844. The molecule has 122 valence electrons. The number of hydrogen-bond donors (Lipinski definition) is 1. The molecular weight excluding hydrogens is 298 g/mol. The number of rotatable bonds is 5. The molecule has 2 saturated carbocycles. The van der Waals surface area contributed by atoms with Crippen LogP contribution >= 0.6 is 11.8 Å². The van der Waals surface area contributed by atoms with Crippen LogP contribution in [-0.2, 0) is 4.79 Å². The van der Waals surface area contributed by atoms with Gasteiger partial charge in [-0.3, -0.25) is 4.79 Å². The molecule has 2 aliphatic carbocycles. The van der Waals surface area contributed by atoms with Crippen molar-refractivity contribution >= 4 is 17.7 Å². The minimum absolute atomic E-state index is 0.107. The third-order valence-corrected chi connectivity index (χ3v) is 5.78. The van der Waals surface area contributed by atoms with E-state index in [1.807, 2.05) is 11.6 Å². The Morgan fingerprint density at radius 2 is 1.86 bits per heavy atom. The Morgan fingerprint density at radius 3 is 2.59 bits per heavy atom. The van der Waals surface area contributed by atoms with Gasteiger partial charge in [0.1, 0.15) is 0 Å². The molecule has 1 unspecified atom stereocenters. The first kappa shape index (κ1) is 15.8. The monoisotopic (exact) mass is 323 g/mol. The Balaban J connectivity index is 1.57. The SMILES string of the molecule is CC(Sc1nnnn1C1CCCCC1)C(=O)NC1CCCC1. The molecule has 0 spiro atoms. The van der Waals surface area contributed by atoms with Crippen LogP contribution in [0.5, 0.6) is 0 Å². The molecule has 0 radical (unpaired) electrons. The number of nitrogens with one attached hydrogen (secondary N) is 1. The van der Waals surface area contributed by atoms with Crippen LogP contribution in [0.25, 0.3) is 0 Å². The summed E-state index contributed by atoms with van der Waals surface area (Å²) in [6.07, 6.45) is 10.8. The van der Waals surface area contributed by atoms with E-state index in [4.69, 9.17) is 0 Å².